The molecule has 16 heavy (non-hydrogen) atoms. The van der Waals surface area contributed by atoms with Gasteiger partial charge in [0.2, 0.25) is 5.76 Å². The monoisotopic (exact) mass is 226 g/mol. The van der Waals surface area contributed by atoms with E-state index in [1.807, 2.05) is 13.8 Å². The van der Waals surface area contributed by atoms with Crippen molar-refractivity contribution in [3.63, 3.8) is 0 Å². The Bertz CT molecular complexity index is 371. The highest BCUT2D eigenvalue weighted by Crippen LogP contribution is 2.09. The minimum Gasteiger partial charge on any atom is -0.436 e. The van der Waals surface area contributed by atoms with Crippen molar-refractivity contribution in [1.29, 1.82) is 0 Å². The van der Waals surface area contributed by atoms with Gasteiger partial charge in [-0.05, 0) is 12.8 Å². The van der Waals surface area contributed by atoms with Gasteiger partial charge < -0.3 is 14.8 Å². The maximum Gasteiger partial charge on any atom is 0.289 e. The van der Waals surface area contributed by atoms with Crippen LogP contribution >= 0.6 is 0 Å². The lowest BCUT2D eigenvalue weighted by Gasteiger charge is -2.14. The van der Waals surface area contributed by atoms with Crippen LogP contribution in [0.15, 0.2) is 4.42 Å². The maximum atomic E-state index is 11.6. The zero-order valence-corrected chi connectivity index (χ0v) is 10.1. The Morgan fingerprint density at radius 2 is 2.12 bits per heavy atom. The molecule has 1 unspecified atom stereocenters. The van der Waals surface area contributed by atoms with E-state index in [0.29, 0.717) is 11.6 Å². The molecule has 5 nitrogen and oxygen atoms in total. The number of oxazole rings is 1. The molecular weight excluding hydrogens is 208 g/mol. The second-order valence-corrected chi connectivity index (χ2v) is 4.17. The first-order valence-electron chi connectivity index (χ1n) is 5.32. The van der Waals surface area contributed by atoms with Gasteiger partial charge in [-0.1, -0.05) is 13.8 Å². The van der Waals surface area contributed by atoms with Gasteiger partial charge in [-0.3, -0.25) is 4.79 Å². The number of nitrogens with zero attached hydrogens (tertiary/aromatic N) is 1. The summed E-state index contributed by atoms with van der Waals surface area (Å²) in [6.07, 6.45) is -0.548. The van der Waals surface area contributed by atoms with Gasteiger partial charge in [0.1, 0.15) is 0 Å². The fourth-order valence-corrected chi connectivity index (χ4v) is 1.26. The van der Waals surface area contributed by atoms with Crippen LogP contribution in [0.3, 0.4) is 0 Å². The molecule has 1 rings (SSSR count). The molecule has 1 atom stereocenters. The molecule has 0 fully saturated rings. The standard InChI is InChI=1S/C11H18N2O3/c1-6(2)9(14)5-12-11(15)10-7(3)13-8(4)16-10/h6,9,14H,5H2,1-4H3,(H,12,15). The molecule has 0 bridgehead atoms. The van der Waals surface area contributed by atoms with Gasteiger partial charge in [-0.25, -0.2) is 4.98 Å². The Hall–Kier alpha value is -1.36. The van der Waals surface area contributed by atoms with Crippen LogP contribution in [0.4, 0.5) is 0 Å². The first-order valence-corrected chi connectivity index (χ1v) is 5.32. The van der Waals surface area contributed by atoms with Crippen LogP contribution < -0.4 is 5.32 Å². The summed E-state index contributed by atoms with van der Waals surface area (Å²) < 4.78 is 5.16. The quantitative estimate of drug-likeness (QED) is 0.804. The van der Waals surface area contributed by atoms with Crippen molar-refractivity contribution in [3.05, 3.63) is 17.3 Å². The summed E-state index contributed by atoms with van der Waals surface area (Å²) in [7, 11) is 0. The Kier molecular flexibility index (Phi) is 4.06. The molecule has 0 spiro atoms. The highest BCUT2D eigenvalue weighted by atomic mass is 16.4. The number of hydrogen-bond donors (Lipinski definition) is 2. The highest BCUT2D eigenvalue weighted by molar-refractivity contribution is 5.92. The minimum absolute atomic E-state index is 0.109. The summed E-state index contributed by atoms with van der Waals surface area (Å²) in [5.41, 5.74) is 0.564. The topological polar surface area (TPSA) is 75.4 Å². The van der Waals surface area contributed by atoms with E-state index in [1.54, 1.807) is 13.8 Å². The molecule has 0 radical (unpaired) electrons. The normalized spacial score (nSPS) is 12.9. The third kappa shape index (κ3) is 3.06. The highest BCUT2D eigenvalue weighted by Gasteiger charge is 2.17. The predicted molar refractivity (Wildman–Crippen MR) is 59.2 cm³/mol. The van der Waals surface area contributed by atoms with E-state index >= 15 is 0 Å². The number of aryl methyl sites for hydroxylation is 2. The average Bonchev–Trinajstić information content (AvgIpc) is 2.53. The van der Waals surface area contributed by atoms with Crippen molar-refractivity contribution in [2.75, 3.05) is 6.54 Å². The number of carbonyl (C=O) groups excluding carboxylic acids is 1. The lowest BCUT2D eigenvalue weighted by molar-refractivity contribution is 0.0845. The number of hydrogen-bond acceptors (Lipinski definition) is 4. The van der Waals surface area contributed by atoms with Crippen molar-refractivity contribution in [1.82, 2.24) is 10.3 Å². The van der Waals surface area contributed by atoms with Gasteiger partial charge in [0, 0.05) is 13.5 Å². The molecular formula is C11H18N2O3. The second kappa shape index (κ2) is 5.12. The zero-order valence-electron chi connectivity index (χ0n) is 10.1. The summed E-state index contributed by atoms with van der Waals surface area (Å²) in [6, 6.07) is 0. The van der Waals surface area contributed by atoms with Gasteiger partial charge in [-0.15, -0.1) is 0 Å². The molecule has 1 amide bonds. The third-order valence-electron chi connectivity index (χ3n) is 2.35. The van der Waals surface area contributed by atoms with E-state index in [1.165, 1.54) is 0 Å². The summed E-state index contributed by atoms with van der Waals surface area (Å²) in [5, 5.41) is 12.1. The number of amides is 1. The molecule has 0 aromatic carbocycles. The molecule has 0 saturated heterocycles. The van der Waals surface area contributed by atoms with Gasteiger partial charge in [0.25, 0.3) is 5.91 Å². The van der Waals surface area contributed by atoms with Crippen LogP contribution in [0.1, 0.15) is 36.0 Å². The van der Waals surface area contributed by atoms with Crippen LogP contribution in [0, 0.1) is 19.8 Å². The van der Waals surface area contributed by atoms with Crippen molar-refractivity contribution >= 4 is 5.91 Å². The van der Waals surface area contributed by atoms with Crippen molar-refractivity contribution in [2.45, 2.75) is 33.8 Å². The molecule has 0 aliphatic heterocycles. The number of aliphatic hydroxyl groups excluding tert-OH is 1. The number of aliphatic hydroxyl groups is 1. The van der Waals surface area contributed by atoms with Crippen LogP contribution in [0.5, 0.6) is 0 Å². The van der Waals surface area contributed by atoms with E-state index in [4.69, 9.17) is 4.42 Å². The van der Waals surface area contributed by atoms with Crippen LogP contribution in [-0.2, 0) is 0 Å². The van der Waals surface area contributed by atoms with E-state index in [-0.39, 0.29) is 24.1 Å². The van der Waals surface area contributed by atoms with Crippen LogP contribution in [0.25, 0.3) is 0 Å². The van der Waals surface area contributed by atoms with Crippen LogP contribution in [0.2, 0.25) is 0 Å². The van der Waals surface area contributed by atoms with E-state index in [9.17, 15) is 9.90 Å². The average molecular weight is 226 g/mol. The summed E-state index contributed by atoms with van der Waals surface area (Å²) in [5.74, 6) is 0.455. The fraction of sp³-hybridized carbons (Fsp3) is 0.636. The maximum absolute atomic E-state index is 11.6. The van der Waals surface area contributed by atoms with Crippen molar-refractivity contribution < 1.29 is 14.3 Å². The summed E-state index contributed by atoms with van der Waals surface area (Å²) in [6.45, 7) is 7.40. The molecule has 1 heterocycles. The van der Waals surface area contributed by atoms with Gasteiger partial charge in [0.05, 0.1) is 11.8 Å². The van der Waals surface area contributed by atoms with E-state index in [2.05, 4.69) is 10.3 Å². The Labute approximate surface area is 94.9 Å². The number of carbonyl (C=O) groups is 1. The number of rotatable bonds is 4. The SMILES string of the molecule is Cc1nc(C)c(C(=O)NCC(O)C(C)C)o1. The third-order valence-corrected chi connectivity index (χ3v) is 2.35. The first-order chi connectivity index (χ1) is 7.41. The Morgan fingerprint density at radius 1 is 1.50 bits per heavy atom. The van der Waals surface area contributed by atoms with E-state index < -0.39 is 6.10 Å². The van der Waals surface area contributed by atoms with Crippen molar-refractivity contribution in [3.8, 4) is 0 Å². The summed E-state index contributed by atoms with van der Waals surface area (Å²) >= 11 is 0. The van der Waals surface area contributed by atoms with E-state index in [0.717, 1.165) is 0 Å². The Balaban J connectivity index is 2.56. The molecule has 2 N–H and O–H groups in total. The number of nitrogens with one attached hydrogen (secondary N) is 1. The molecule has 0 saturated carbocycles. The van der Waals surface area contributed by atoms with Crippen LogP contribution in [-0.4, -0.2) is 28.6 Å². The molecule has 1 aromatic rings. The zero-order chi connectivity index (χ0) is 12.3. The Morgan fingerprint density at radius 3 is 2.56 bits per heavy atom. The van der Waals surface area contributed by atoms with Gasteiger partial charge in [-0.2, -0.15) is 0 Å². The molecule has 0 aliphatic carbocycles. The van der Waals surface area contributed by atoms with Gasteiger partial charge in [0.15, 0.2) is 5.89 Å². The minimum atomic E-state index is -0.548. The smallest absolute Gasteiger partial charge is 0.289 e. The van der Waals surface area contributed by atoms with Gasteiger partial charge >= 0.3 is 0 Å². The first kappa shape index (κ1) is 12.7. The lowest BCUT2D eigenvalue weighted by atomic mass is 10.1. The predicted octanol–water partition coefficient (Wildman–Crippen LogP) is 1.04. The fourth-order valence-electron chi connectivity index (χ4n) is 1.26. The lowest BCUT2D eigenvalue weighted by Crippen LogP contribution is -2.34. The summed E-state index contributed by atoms with van der Waals surface area (Å²) in [4.78, 5) is 15.7. The second-order valence-electron chi connectivity index (χ2n) is 4.17. The number of aromatic nitrogens is 1. The largest absolute Gasteiger partial charge is 0.436 e. The molecule has 1 aromatic heterocycles. The van der Waals surface area contributed by atoms with Crippen molar-refractivity contribution in [2.24, 2.45) is 5.92 Å². The molecule has 5 heteroatoms. The molecule has 90 valence electrons. The molecule has 0 aliphatic rings.